The summed E-state index contributed by atoms with van der Waals surface area (Å²) in [5.41, 5.74) is 4.34. The van der Waals surface area contributed by atoms with Crippen LogP contribution >= 0.6 is 0 Å². The summed E-state index contributed by atoms with van der Waals surface area (Å²) >= 11 is 0. The summed E-state index contributed by atoms with van der Waals surface area (Å²) in [6, 6.07) is 0.0765. The van der Waals surface area contributed by atoms with Crippen molar-refractivity contribution in [2.24, 2.45) is 5.73 Å². The molecule has 4 nitrogen and oxygen atoms in total. The van der Waals surface area contributed by atoms with Crippen LogP contribution in [0.3, 0.4) is 0 Å². The molecule has 0 saturated heterocycles. The third-order valence-electron chi connectivity index (χ3n) is 2.14. The van der Waals surface area contributed by atoms with E-state index in [1.807, 2.05) is 13.8 Å². The average molecular weight is 238 g/mol. The molecule has 0 rings (SSSR count). The number of ether oxygens (including phenoxy) is 1. The van der Waals surface area contributed by atoms with Gasteiger partial charge in [-0.25, -0.2) is 8.78 Å². The molecule has 6 heteroatoms. The van der Waals surface area contributed by atoms with E-state index in [4.69, 9.17) is 10.5 Å². The highest BCUT2D eigenvalue weighted by molar-refractivity contribution is 5.84. The summed E-state index contributed by atoms with van der Waals surface area (Å²) in [6.45, 7) is 4.85. The van der Waals surface area contributed by atoms with Crippen LogP contribution in [0.25, 0.3) is 0 Å². The smallest absolute Gasteiger partial charge is 0.261 e. The summed E-state index contributed by atoms with van der Waals surface area (Å²) < 4.78 is 28.3. The van der Waals surface area contributed by atoms with Crippen molar-refractivity contribution in [3.8, 4) is 0 Å². The number of hydrogen-bond donors (Lipinski definition) is 2. The molecule has 0 aliphatic heterocycles. The quantitative estimate of drug-likeness (QED) is 0.617. The van der Waals surface area contributed by atoms with E-state index in [1.165, 1.54) is 0 Å². The van der Waals surface area contributed by atoms with Crippen molar-refractivity contribution in [1.82, 2.24) is 5.32 Å². The maximum absolute atomic E-state index is 11.8. The van der Waals surface area contributed by atoms with Gasteiger partial charge in [-0.2, -0.15) is 0 Å². The lowest BCUT2D eigenvalue weighted by molar-refractivity contribution is -0.125. The van der Waals surface area contributed by atoms with Crippen LogP contribution in [0, 0.1) is 0 Å². The number of carbonyl (C=O) groups excluding carboxylic acids is 1. The van der Waals surface area contributed by atoms with Gasteiger partial charge in [-0.05, 0) is 27.2 Å². The van der Waals surface area contributed by atoms with E-state index >= 15 is 0 Å². The monoisotopic (exact) mass is 238 g/mol. The summed E-state index contributed by atoms with van der Waals surface area (Å²) in [4.78, 5) is 11.2. The zero-order valence-corrected chi connectivity index (χ0v) is 9.93. The number of carbonyl (C=O) groups is 1. The average Bonchev–Trinajstić information content (AvgIpc) is 2.10. The van der Waals surface area contributed by atoms with Crippen molar-refractivity contribution in [2.75, 3.05) is 13.2 Å². The lowest BCUT2D eigenvalue weighted by Gasteiger charge is -2.29. The molecule has 0 aromatic carbocycles. The predicted molar refractivity (Wildman–Crippen MR) is 57.3 cm³/mol. The van der Waals surface area contributed by atoms with Crippen molar-refractivity contribution in [3.05, 3.63) is 0 Å². The van der Waals surface area contributed by atoms with Crippen LogP contribution in [0.5, 0.6) is 0 Å². The van der Waals surface area contributed by atoms with Crippen LogP contribution in [-0.4, -0.2) is 37.1 Å². The third kappa shape index (κ3) is 5.97. The lowest BCUT2D eigenvalue weighted by atomic mass is 9.96. The third-order valence-corrected chi connectivity index (χ3v) is 2.14. The van der Waals surface area contributed by atoms with Crippen molar-refractivity contribution >= 4 is 5.91 Å². The van der Waals surface area contributed by atoms with E-state index in [0.29, 0.717) is 0 Å². The minimum absolute atomic E-state index is 0.0729. The second-order valence-electron chi connectivity index (χ2n) is 4.21. The summed E-state index contributed by atoms with van der Waals surface area (Å²) in [6.07, 6.45) is -2.22. The molecule has 16 heavy (non-hydrogen) atoms. The van der Waals surface area contributed by atoms with Crippen LogP contribution in [0.4, 0.5) is 8.78 Å². The highest BCUT2D eigenvalue weighted by Gasteiger charge is 2.31. The molecule has 1 unspecified atom stereocenters. The SMILES string of the molecule is CC(C)NC(C)(CCOCC(F)F)C(N)=O. The molecule has 0 fully saturated rings. The first kappa shape index (κ1) is 15.2. The minimum atomic E-state index is -2.49. The fraction of sp³-hybridized carbons (Fsp3) is 0.900. The minimum Gasteiger partial charge on any atom is -0.375 e. The first-order chi connectivity index (χ1) is 7.28. The number of primary amides is 1. The van der Waals surface area contributed by atoms with Gasteiger partial charge in [0.25, 0.3) is 6.43 Å². The van der Waals surface area contributed by atoms with Crippen LogP contribution in [0.2, 0.25) is 0 Å². The fourth-order valence-corrected chi connectivity index (χ4v) is 1.35. The molecule has 0 bridgehead atoms. The Morgan fingerprint density at radius 2 is 2.06 bits per heavy atom. The normalized spacial score (nSPS) is 15.4. The second-order valence-corrected chi connectivity index (χ2v) is 4.21. The zero-order valence-electron chi connectivity index (χ0n) is 9.93. The molecule has 0 aliphatic carbocycles. The first-order valence-electron chi connectivity index (χ1n) is 5.21. The van der Waals surface area contributed by atoms with Gasteiger partial charge >= 0.3 is 0 Å². The van der Waals surface area contributed by atoms with Crippen molar-refractivity contribution in [1.29, 1.82) is 0 Å². The molecule has 0 radical (unpaired) electrons. The van der Waals surface area contributed by atoms with E-state index in [9.17, 15) is 13.6 Å². The summed E-state index contributed by atoms with van der Waals surface area (Å²) in [7, 11) is 0. The van der Waals surface area contributed by atoms with Gasteiger partial charge < -0.3 is 15.8 Å². The molecule has 0 aliphatic rings. The Labute approximate surface area is 94.5 Å². The van der Waals surface area contributed by atoms with Gasteiger partial charge in [0.05, 0.1) is 5.54 Å². The standard InChI is InChI=1S/C10H20F2N2O2/c1-7(2)14-10(3,9(13)15)4-5-16-6-8(11)12/h7-8,14H,4-6H2,1-3H3,(H2,13,15). The van der Waals surface area contributed by atoms with Crippen LogP contribution in [-0.2, 0) is 9.53 Å². The molecule has 0 aromatic heterocycles. The molecule has 3 N–H and O–H groups in total. The molecule has 0 saturated carbocycles. The van der Waals surface area contributed by atoms with Gasteiger partial charge in [0.2, 0.25) is 5.91 Å². The molecular weight excluding hydrogens is 218 g/mol. The highest BCUT2D eigenvalue weighted by atomic mass is 19.3. The summed E-state index contributed by atoms with van der Waals surface area (Å²) in [5.74, 6) is -0.512. The largest absolute Gasteiger partial charge is 0.375 e. The van der Waals surface area contributed by atoms with Crippen molar-refractivity contribution < 1.29 is 18.3 Å². The number of alkyl halides is 2. The zero-order chi connectivity index (χ0) is 12.8. The number of amides is 1. The molecule has 1 atom stereocenters. The maximum atomic E-state index is 11.8. The predicted octanol–water partition coefficient (Wildman–Crippen LogP) is 0.900. The van der Waals surface area contributed by atoms with Gasteiger partial charge in [0, 0.05) is 12.6 Å². The molecule has 0 spiro atoms. The van der Waals surface area contributed by atoms with Gasteiger partial charge in [0.15, 0.2) is 0 Å². The van der Waals surface area contributed by atoms with Crippen LogP contribution in [0.1, 0.15) is 27.2 Å². The molecule has 0 heterocycles. The first-order valence-corrected chi connectivity index (χ1v) is 5.21. The second kappa shape index (κ2) is 6.75. The Bertz CT molecular complexity index is 225. The maximum Gasteiger partial charge on any atom is 0.261 e. The number of rotatable bonds is 8. The molecule has 0 aromatic rings. The lowest BCUT2D eigenvalue weighted by Crippen LogP contribution is -2.56. The highest BCUT2D eigenvalue weighted by Crippen LogP contribution is 2.11. The van der Waals surface area contributed by atoms with E-state index in [1.54, 1.807) is 6.92 Å². The van der Waals surface area contributed by atoms with Crippen molar-refractivity contribution in [3.63, 3.8) is 0 Å². The number of halogens is 2. The Hall–Kier alpha value is -0.750. The topological polar surface area (TPSA) is 64.3 Å². The number of nitrogens with one attached hydrogen (secondary N) is 1. The van der Waals surface area contributed by atoms with Crippen LogP contribution < -0.4 is 11.1 Å². The number of hydrogen-bond acceptors (Lipinski definition) is 3. The van der Waals surface area contributed by atoms with Gasteiger partial charge in [-0.15, -0.1) is 0 Å². The van der Waals surface area contributed by atoms with E-state index in [2.05, 4.69) is 5.32 Å². The number of nitrogens with two attached hydrogens (primary N) is 1. The van der Waals surface area contributed by atoms with Crippen molar-refractivity contribution in [2.45, 2.75) is 45.2 Å². The Balaban J connectivity index is 4.08. The molecular formula is C10H20F2N2O2. The Morgan fingerprint density at radius 3 is 2.44 bits per heavy atom. The van der Waals surface area contributed by atoms with E-state index < -0.39 is 24.5 Å². The van der Waals surface area contributed by atoms with Gasteiger partial charge in [-0.3, -0.25) is 4.79 Å². The van der Waals surface area contributed by atoms with Crippen LogP contribution in [0.15, 0.2) is 0 Å². The molecule has 1 amide bonds. The van der Waals surface area contributed by atoms with Gasteiger partial charge in [0.1, 0.15) is 6.61 Å². The van der Waals surface area contributed by atoms with E-state index in [0.717, 1.165) is 0 Å². The Morgan fingerprint density at radius 1 is 1.50 bits per heavy atom. The summed E-state index contributed by atoms with van der Waals surface area (Å²) in [5, 5.41) is 3.00. The fourth-order valence-electron chi connectivity index (χ4n) is 1.35. The Kier molecular flexibility index (Phi) is 6.43. The van der Waals surface area contributed by atoms with Gasteiger partial charge in [-0.1, -0.05) is 0 Å². The molecule has 96 valence electrons. The van der Waals surface area contributed by atoms with E-state index in [-0.39, 0.29) is 19.1 Å².